The van der Waals surface area contributed by atoms with Gasteiger partial charge < -0.3 is 4.74 Å². The highest BCUT2D eigenvalue weighted by Gasteiger charge is 2.00. The van der Waals surface area contributed by atoms with Crippen LogP contribution in [0.3, 0.4) is 0 Å². The summed E-state index contributed by atoms with van der Waals surface area (Å²) < 4.78 is 5.73. The van der Waals surface area contributed by atoms with Crippen molar-refractivity contribution in [1.82, 2.24) is 0 Å². The highest BCUT2D eigenvalue weighted by molar-refractivity contribution is 4.65. The van der Waals surface area contributed by atoms with Crippen LogP contribution in [-0.4, -0.2) is 12.7 Å². The van der Waals surface area contributed by atoms with Gasteiger partial charge in [0.15, 0.2) is 0 Å². The fourth-order valence-electron chi connectivity index (χ4n) is 1.62. The molecule has 0 fully saturated rings. The highest BCUT2D eigenvalue weighted by atomic mass is 16.5. The first kappa shape index (κ1) is 14.7. The minimum absolute atomic E-state index is 0.450. The van der Waals surface area contributed by atoms with E-state index in [0.29, 0.717) is 6.10 Å². The van der Waals surface area contributed by atoms with Gasteiger partial charge in [-0.15, -0.1) is 6.58 Å². The maximum absolute atomic E-state index is 5.73. The molecule has 0 amide bonds. The molecule has 0 radical (unpaired) electrons. The van der Waals surface area contributed by atoms with E-state index in [2.05, 4.69) is 20.4 Å². The monoisotopic (exact) mass is 212 g/mol. The fourth-order valence-corrected chi connectivity index (χ4v) is 1.62. The molecule has 0 aliphatic carbocycles. The minimum atomic E-state index is 0.450. The van der Waals surface area contributed by atoms with Crippen molar-refractivity contribution in [3.8, 4) is 0 Å². The molecule has 0 aromatic rings. The standard InChI is InChI=1S/C14H28O/c1-4-6-8-9-10-12-14(3)15-13-11-7-5-2/h4,14H,1,5-13H2,2-3H3. The molecule has 0 saturated heterocycles. The summed E-state index contributed by atoms with van der Waals surface area (Å²) in [7, 11) is 0. The third kappa shape index (κ3) is 11.6. The summed E-state index contributed by atoms with van der Waals surface area (Å²) >= 11 is 0. The molecule has 90 valence electrons. The summed E-state index contributed by atoms with van der Waals surface area (Å²) in [5.74, 6) is 0. The zero-order valence-corrected chi connectivity index (χ0v) is 10.6. The average molecular weight is 212 g/mol. The van der Waals surface area contributed by atoms with Gasteiger partial charge in [-0.25, -0.2) is 0 Å². The summed E-state index contributed by atoms with van der Waals surface area (Å²) in [6, 6.07) is 0. The van der Waals surface area contributed by atoms with Gasteiger partial charge in [-0.05, 0) is 32.6 Å². The predicted octanol–water partition coefficient (Wildman–Crippen LogP) is 4.72. The molecule has 15 heavy (non-hydrogen) atoms. The molecule has 1 atom stereocenters. The van der Waals surface area contributed by atoms with Gasteiger partial charge in [0, 0.05) is 6.61 Å². The third-order valence-electron chi connectivity index (χ3n) is 2.67. The fraction of sp³-hybridized carbons (Fsp3) is 0.857. The predicted molar refractivity (Wildman–Crippen MR) is 68.2 cm³/mol. The molecule has 0 aliphatic heterocycles. The van der Waals surface area contributed by atoms with E-state index >= 15 is 0 Å². The van der Waals surface area contributed by atoms with E-state index in [1.807, 2.05) is 6.08 Å². The smallest absolute Gasteiger partial charge is 0.0547 e. The molecule has 0 aromatic carbocycles. The number of rotatable bonds is 11. The number of allylic oxidation sites excluding steroid dienone is 1. The van der Waals surface area contributed by atoms with Crippen LogP contribution in [0.5, 0.6) is 0 Å². The Morgan fingerprint density at radius 3 is 2.60 bits per heavy atom. The van der Waals surface area contributed by atoms with E-state index in [0.717, 1.165) is 13.0 Å². The Bertz CT molecular complexity index is 131. The van der Waals surface area contributed by atoms with Crippen LogP contribution in [0.25, 0.3) is 0 Å². The molecule has 0 aromatic heterocycles. The normalized spacial score (nSPS) is 12.7. The topological polar surface area (TPSA) is 9.23 Å². The number of unbranched alkanes of at least 4 members (excludes halogenated alkanes) is 5. The van der Waals surface area contributed by atoms with E-state index in [1.54, 1.807) is 0 Å². The summed E-state index contributed by atoms with van der Waals surface area (Å²) in [5, 5.41) is 0. The van der Waals surface area contributed by atoms with E-state index in [-0.39, 0.29) is 0 Å². The van der Waals surface area contributed by atoms with Crippen molar-refractivity contribution in [3.05, 3.63) is 12.7 Å². The Labute approximate surface area is 95.9 Å². The van der Waals surface area contributed by atoms with Gasteiger partial charge in [-0.2, -0.15) is 0 Å². The van der Waals surface area contributed by atoms with Crippen molar-refractivity contribution in [3.63, 3.8) is 0 Å². The molecule has 1 heteroatoms. The van der Waals surface area contributed by atoms with Crippen LogP contribution < -0.4 is 0 Å². The Hall–Kier alpha value is -0.300. The summed E-state index contributed by atoms with van der Waals surface area (Å²) in [5.41, 5.74) is 0. The van der Waals surface area contributed by atoms with Crippen LogP contribution >= 0.6 is 0 Å². The molecule has 0 saturated carbocycles. The molecule has 0 heterocycles. The van der Waals surface area contributed by atoms with Gasteiger partial charge in [0.25, 0.3) is 0 Å². The Morgan fingerprint density at radius 2 is 1.93 bits per heavy atom. The molecule has 0 rings (SSSR count). The first-order chi connectivity index (χ1) is 7.31. The lowest BCUT2D eigenvalue weighted by Gasteiger charge is -2.12. The van der Waals surface area contributed by atoms with Crippen LogP contribution in [0.15, 0.2) is 12.7 Å². The van der Waals surface area contributed by atoms with Crippen LogP contribution in [-0.2, 0) is 4.74 Å². The van der Waals surface area contributed by atoms with E-state index in [1.165, 1.54) is 44.9 Å². The Kier molecular flexibility index (Phi) is 11.5. The molecule has 1 nitrogen and oxygen atoms in total. The third-order valence-corrected chi connectivity index (χ3v) is 2.67. The van der Waals surface area contributed by atoms with Gasteiger partial charge in [0.2, 0.25) is 0 Å². The number of hydrogen-bond acceptors (Lipinski definition) is 1. The van der Waals surface area contributed by atoms with E-state index in [4.69, 9.17) is 4.74 Å². The van der Waals surface area contributed by atoms with Gasteiger partial charge in [-0.1, -0.05) is 38.7 Å². The largest absolute Gasteiger partial charge is 0.379 e. The first-order valence-corrected chi connectivity index (χ1v) is 6.53. The van der Waals surface area contributed by atoms with Crippen LogP contribution in [0, 0.1) is 0 Å². The second kappa shape index (κ2) is 11.8. The second-order valence-electron chi connectivity index (χ2n) is 4.32. The van der Waals surface area contributed by atoms with Crippen molar-refractivity contribution in [2.75, 3.05) is 6.61 Å². The highest BCUT2D eigenvalue weighted by Crippen LogP contribution is 2.09. The SMILES string of the molecule is C=CCCCCCC(C)OCCCCC. The van der Waals surface area contributed by atoms with Gasteiger partial charge >= 0.3 is 0 Å². The lowest BCUT2D eigenvalue weighted by atomic mass is 10.1. The number of ether oxygens (including phenoxy) is 1. The maximum Gasteiger partial charge on any atom is 0.0547 e. The molecular weight excluding hydrogens is 184 g/mol. The van der Waals surface area contributed by atoms with Gasteiger partial charge in [0.05, 0.1) is 6.10 Å². The van der Waals surface area contributed by atoms with Crippen molar-refractivity contribution in [2.24, 2.45) is 0 Å². The molecular formula is C14H28O. The minimum Gasteiger partial charge on any atom is -0.379 e. The first-order valence-electron chi connectivity index (χ1n) is 6.53. The van der Waals surface area contributed by atoms with Crippen LogP contribution in [0.4, 0.5) is 0 Å². The van der Waals surface area contributed by atoms with E-state index in [9.17, 15) is 0 Å². The van der Waals surface area contributed by atoms with Crippen molar-refractivity contribution in [1.29, 1.82) is 0 Å². The molecule has 1 unspecified atom stereocenters. The molecule has 0 spiro atoms. The van der Waals surface area contributed by atoms with E-state index < -0.39 is 0 Å². The maximum atomic E-state index is 5.73. The van der Waals surface area contributed by atoms with Crippen molar-refractivity contribution >= 4 is 0 Å². The average Bonchev–Trinajstić information content (AvgIpc) is 2.24. The zero-order valence-electron chi connectivity index (χ0n) is 10.6. The van der Waals surface area contributed by atoms with Crippen LogP contribution in [0.2, 0.25) is 0 Å². The lowest BCUT2D eigenvalue weighted by Crippen LogP contribution is -2.09. The quantitative estimate of drug-likeness (QED) is 0.356. The van der Waals surface area contributed by atoms with Gasteiger partial charge in [0.1, 0.15) is 0 Å². The Morgan fingerprint density at radius 1 is 1.13 bits per heavy atom. The molecule has 0 N–H and O–H groups in total. The summed E-state index contributed by atoms with van der Waals surface area (Å²) in [6.07, 6.45) is 12.5. The lowest BCUT2D eigenvalue weighted by molar-refractivity contribution is 0.0559. The number of hydrogen-bond donors (Lipinski definition) is 0. The van der Waals surface area contributed by atoms with Crippen molar-refractivity contribution in [2.45, 2.75) is 71.3 Å². The molecule has 0 bridgehead atoms. The van der Waals surface area contributed by atoms with Crippen molar-refractivity contribution < 1.29 is 4.74 Å². The van der Waals surface area contributed by atoms with Gasteiger partial charge in [-0.3, -0.25) is 0 Å². The Balaban J connectivity index is 3.11. The second-order valence-corrected chi connectivity index (χ2v) is 4.32. The van der Waals surface area contributed by atoms with Crippen LogP contribution in [0.1, 0.15) is 65.2 Å². The zero-order chi connectivity index (χ0) is 11.4. The summed E-state index contributed by atoms with van der Waals surface area (Å²) in [4.78, 5) is 0. The molecule has 0 aliphatic rings. The summed E-state index contributed by atoms with van der Waals surface area (Å²) in [6.45, 7) is 9.09.